The van der Waals surface area contributed by atoms with Gasteiger partial charge in [-0.15, -0.1) is 0 Å². The zero-order chi connectivity index (χ0) is 13.9. The highest BCUT2D eigenvalue weighted by Gasteiger charge is 2.26. The lowest BCUT2D eigenvalue weighted by Crippen LogP contribution is -2.16. The number of hydrogen-bond acceptors (Lipinski definition) is 5. The van der Waals surface area contributed by atoms with Gasteiger partial charge in [0.15, 0.2) is 15.6 Å². The fourth-order valence-corrected chi connectivity index (χ4v) is 2.69. The Morgan fingerprint density at radius 1 is 1.32 bits per heavy atom. The first-order valence-electron chi connectivity index (χ1n) is 5.88. The first kappa shape index (κ1) is 13.8. The lowest BCUT2D eigenvalue weighted by molar-refractivity contribution is 0.319. The molecule has 2 rings (SSSR count). The second-order valence-electron chi connectivity index (χ2n) is 4.16. The van der Waals surface area contributed by atoms with Crippen LogP contribution in [-0.4, -0.2) is 30.9 Å². The summed E-state index contributed by atoms with van der Waals surface area (Å²) in [7, 11) is -3.44. The molecule has 1 heterocycles. The highest BCUT2D eigenvalue weighted by molar-refractivity contribution is 7.91. The van der Waals surface area contributed by atoms with Crippen molar-refractivity contribution < 1.29 is 17.9 Å². The Hall–Kier alpha value is -1.66. The Labute approximate surface area is 111 Å². The van der Waals surface area contributed by atoms with Gasteiger partial charge in [0.25, 0.3) is 0 Å². The summed E-state index contributed by atoms with van der Waals surface area (Å²) in [6.45, 7) is 1.10. The van der Waals surface area contributed by atoms with Gasteiger partial charge in [-0.3, -0.25) is 0 Å². The minimum atomic E-state index is -3.44. The molecule has 1 N–H and O–H groups in total. The lowest BCUT2D eigenvalue weighted by atomic mass is 10.2. The number of rotatable bonds is 5. The third-order valence-corrected chi connectivity index (χ3v) is 4.87. The van der Waals surface area contributed by atoms with Crippen LogP contribution in [0.3, 0.4) is 0 Å². The quantitative estimate of drug-likeness (QED) is 0.904. The normalized spacial score (nSPS) is 13.4. The summed E-state index contributed by atoms with van der Waals surface area (Å²) < 4.78 is 29.1. The van der Waals surface area contributed by atoms with Crippen molar-refractivity contribution in [3.8, 4) is 11.3 Å². The number of hydrogen-bond donors (Lipinski definition) is 1. The predicted molar refractivity (Wildman–Crippen MR) is 71.2 cm³/mol. The van der Waals surface area contributed by atoms with Crippen LogP contribution in [0.4, 0.5) is 0 Å². The Morgan fingerprint density at radius 2 is 2.00 bits per heavy atom. The Kier molecular flexibility index (Phi) is 4.01. The van der Waals surface area contributed by atoms with Gasteiger partial charge in [-0.25, -0.2) is 13.4 Å². The van der Waals surface area contributed by atoms with Crippen molar-refractivity contribution in [2.75, 3.05) is 12.4 Å². The zero-order valence-corrected chi connectivity index (χ0v) is 11.3. The Morgan fingerprint density at radius 3 is 2.63 bits per heavy atom. The summed E-state index contributed by atoms with van der Waals surface area (Å²) in [5.74, 6) is 0.381. The summed E-state index contributed by atoms with van der Waals surface area (Å²) in [6, 6.07) is 9.33. The maximum absolute atomic E-state index is 11.8. The minimum absolute atomic E-state index is 0.146. The van der Waals surface area contributed by atoms with Crippen molar-refractivity contribution in [3.63, 3.8) is 0 Å². The van der Waals surface area contributed by atoms with E-state index < -0.39 is 21.7 Å². The smallest absolute Gasteiger partial charge is 0.212 e. The minimum Gasteiger partial charge on any atom is -0.439 e. The summed E-state index contributed by atoms with van der Waals surface area (Å²) in [5.41, 5.74) is 0.841. The summed E-state index contributed by atoms with van der Waals surface area (Å²) >= 11 is 0. The lowest BCUT2D eigenvalue weighted by Gasteiger charge is -2.07. The van der Waals surface area contributed by atoms with Gasteiger partial charge in [0, 0.05) is 5.56 Å². The molecule has 0 aliphatic heterocycles. The molecule has 0 bridgehead atoms. The average Bonchev–Trinajstić information content (AvgIpc) is 2.88. The van der Waals surface area contributed by atoms with Crippen molar-refractivity contribution in [3.05, 3.63) is 42.4 Å². The molecule has 0 saturated heterocycles. The first-order chi connectivity index (χ1) is 9.04. The summed E-state index contributed by atoms with van der Waals surface area (Å²) in [4.78, 5) is 4.01. The van der Waals surface area contributed by atoms with Gasteiger partial charge in [0.2, 0.25) is 5.89 Å². The van der Waals surface area contributed by atoms with Crippen LogP contribution in [0.25, 0.3) is 11.3 Å². The van der Waals surface area contributed by atoms with Gasteiger partial charge < -0.3 is 9.52 Å². The van der Waals surface area contributed by atoms with E-state index in [1.807, 2.05) is 30.3 Å². The SMILES string of the molecule is CC(c1ncc(-c2ccccc2)o1)S(=O)(=O)CCO. The molecule has 6 heteroatoms. The van der Waals surface area contributed by atoms with Crippen LogP contribution in [0.1, 0.15) is 18.1 Å². The molecule has 0 fully saturated rings. The largest absolute Gasteiger partial charge is 0.439 e. The monoisotopic (exact) mass is 281 g/mol. The van der Waals surface area contributed by atoms with Crippen LogP contribution in [0.2, 0.25) is 0 Å². The molecule has 1 aromatic carbocycles. The van der Waals surface area contributed by atoms with E-state index in [9.17, 15) is 8.42 Å². The Bertz CT molecular complexity index is 634. The van der Waals surface area contributed by atoms with Crippen molar-refractivity contribution in [1.82, 2.24) is 4.98 Å². The molecule has 0 aliphatic rings. The van der Waals surface area contributed by atoms with Gasteiger partial charge in [0.1, 0.15) is 5.25 Å². The third-order valence-electron chi connectivity index (χ3n) is 2.84. The van der Waals surface area contributed by atoms with Gasteiger partial charge in [-0.1, -0.05) is 30.3 Å². The van der Waals surface area contributed by atoms with Gasteiger partial charge in [-0.2, -0.15) is 0 Å². The van der Waals surface area contributed by atoms with Crippen molar-refractivity contribution in [2.45, 2.75) is 12.2 Å². The van der Waals surface area contributed by atoms with E-state index in [0.29, 0.717) is 5.76 Å². The molecule has 0 aliphatic carbocycles. The van der Waals surface area contributed by atoms with E-state index in [-0.39, 0.29) is 11.6 Å². The molecule has 0 radical (unpaired) electrons. The maximum Gasteiger partial charge on any atom is 0.212 e. The van der Waals surface area contributed by atoms with E-state index in [1.165, 1.54) is 13.1 Å². The molecular weight excluding hydrogens is 266 g/mol. The standard InChI is InChI=1S/C13H15NO4S/c1-10(19(16,17)8-7-15)13-14-9-12(18-13)11-5-3-2-4-6-11/h2-6,9-10,15H,7-8H2,1H3. The van der Waals surface area contributed by atoms with Crippen LogP contribution in [-0.2, 0) is 9.84 Å². The fourth-order valence-electron chi connectivity index (χ4n) is 1.67. The maximum atomic E-state index is 11.8. The van der Waals surface area contributed by atoms with E-state index in [1.54, 1.807) is 0 Å². The average molecular weight is 281 g/mol. The number of oxazole rings is 1. The molecule has 19 heavy (non-hydrogen) atoms. The molecule has 102 valence electrons. The van der Waals surface area contributed by atoms with Crippen molar-refractivity contribution in [1.29, 1.82) is 0 Å². The number of benzene rings is 1. The highest BCUT2D eigenvalue weighted by Crippen LogP contribution is 2.26. The van der Waals surface area contributed by atoms with Crippen molar-refractivity contribution in [2.24, 2.45) is 0 Å². The predicted octanol–water partition coefficient (Wildman–Crippen LogP) is 1.81. The molecule has 0 saturated carbocycles. The van der Waals surface area contributed by atoms with E-state index >= 15 is 0 Å². The fraction of sp³-hybridized carbons (Fsp3) is 0.308. The molecule has 1 unspecified atom stereocenters. The Balaban J connectivity index is 2.27. The topological polar surface area (TPSA) is 80.4 Å². The van der Waals surface area contributed by atoms with Crippen LogP contribution in [0.5, 0.6) is 0 Å². The van der Waals surface area contributed by atoms with Crippen LogP contribution in [0, 0.1) is 0 Å². The number of aliphatic hydroxyl groups excluding tert-OH is 1. The van der Waals surface area contributed by atoms with E-state index in [4.69, 9.17) is 9.52 Å². The molecule has 2 aromatic rings. The van der Waals surface area contributed by atoms with E-state index in [2.05, 4.69) is 4.98 Å². The highest BCUT2D eigenvalue weighted by atomic mass is 32.2. The molecule has 1 atom stereocenters. The van der Waals surface area contributed by atoms with E-state index in [0.717, 1.165) is 5.56 Å². The number of nitrogens with zero attached hydrogens (tertiary/aromatic N) is 1. The first-order valence-corrected chi connectivity index (χ1v) is 7.59. The van der Waals surface area contributed by atoms with Crippen LogP contribution >= 0.6 is 0 Å². The number of sulfone groups is 1. The molecular formula is C13H15NO4S. The second kappa shape index (κ2) is 5.54. The van der Waals surface area contributed by atoms with Gasteiger partial charge >= 0.3 is 0 Å². The summed E-state index contributed by atoms with van der Waals surface area (Å²) in [6.07, 6.45) is 1.51. The molecule has 5 nitrogen and oxygen atoms in total. The number of aliphatic hydroxyl groups is 1. The summed E-state index contributed by atoms with van der Waals surface area (Å²) in [5, 5.41) is 7.89. The van der Waals surface area contributed by atoms with Gasteiger partial charge in [-0.05, 0) is 6.92 Å². The number of aromatic nitrogens is 1. The van der Waals surface area contributed by atoms with Crippen molar-refractivity contribution >= 4 is 9.84 Å². The zero-order valence-electron chi connectivity index (χ0n) is 10.5. The van der Waals surface area contributed by atoms with Crippen LogP contribution in [0.15, 0.2) is 40.9 Å². The third kappa shape index (κ3) is 3.02. The molecule has 0 amide bonds. The molecule has 0 spiro atoms. The van der Waals surface area contributed by atoms with Crippen LogP contribution < -0.4 is 0 Å². The molecule has 1 aromatic heterocycles. The second-order valence-corrected chi connectivity index (χ2v) is 6.60. The van der Waals surface area contributed by atoms with Gasteiger partial charge in [0.05, 0.1) is 18.6 Å².